The van der Waals surface area contributed by atoms with Gasteiger partial charge < -0.3 is 15.4 Å². The molecule has 0 aliphatic heterocycles. The Morgan fingerprint density at radius 3 is 2.67 bits per heavy atom. The molecule has 1 aromatic carbocycles. The molecule has 1 aromatic rings. The van der Waals surface area contributed by atoms with Gasteiger partial charge in [0, 0.05) is 22.7 Å². The summed E-state index contributed by atoms with van der Waals surface area (Å²) in [5.74, 6) is 0.662. The largest absolute Gasteiger partial charge is 0.468 e. The van der Waals surface area contributed by atoms with Crippen LogP contribution in [0.4, 0.5) is 5.69 Å². The molecule has 0 aliphatic rings. The molecule has 2 N–H and O–H groups in total. The molecule has 116 valence electrons. The lowest BCUT2D eigenvalue weighted by Gasteiger charge is -2.26. The van der Waals surface area contributed by atoms with Gasteiger partial charge in [-0.15, -0.1) is 11.8 Å². The molecule has 0 saturated heterocycles. The first kappa shape index (κ1) is 17.8. The van der Waals surface area contributed by atoms with Crippen molar-refractivity contribution in [2.75, 3.05) is 30.9 Å². The Morgan fingerprint density at radius 1 is 1.43 bits per heavy atom. The van der Waals surface area contributed by atoms with Gasteiger partial charge in [-0.25, -0.2) is 0 Å². The number of benzene rings is 1. The van der Waals surface area contributed by atoms with Crippen molar-refractivity contribution in [2.45, 2.75) is 25.2 Å². The zero-order valence-electron chi connectivity index (χ0n) is 12.7. The molecule has 0 spiro atoms. The van der Waals surface area contributed by atoms with Gasteiger partial charge in [-0.2, -0.15) is 0 Å². The van der Waals surface area contributed by atoms with E-state index in [0.717, 1.165) is 34.9 Å². The predicted octanol–water partition coefficient (Wildman–Crippen LogP) is 2.82. The highest BCUT2D eigenvalue weighted by Gasteiger charge is 2.18. The molecule has 0 heterocycles. The molecule has 21 heavy (non-hydrogen) atoms. The fraction of sp³-hybridized carbons (Fsp3) is 0.467. The molecule has 0 bridgehead atoms. The Balaban J connectivity index is 3.25. The average Bonchev–Trinajstić information content (AvgIpc) is 2.46. The molecule has 0 unspecified atom stereocenters. The Hall–Kier alpha value is -1.27. The van der Waals surface area contributed by atoms with Gasteiger partial charge in [0.2, 0.25) is 0 Å². The van der Waals surface area contributed by atoms with Crippen LogP contribution < -0.4 is 10.6 Å². The van der Waals surface area contributed by atoms with Crippen LogP contribution in [-0.2, 0) is 9.53 Å². The number of carbonyl (C=O) groups is 1. The molecule has 0 atom stereocenters. The minimum absolute atomic E-state index is 0.195. The molecule has 0 amide bonds. The van der Waals surface area contributed by atoms with E-state index in [1.165, 1.54) is 7.11 Å². The van der Waals surface area contributed by atoms with E-state index in [1.807, 2.05) is 23.1 Å². The smallest absolute Gasteiger partial charge is 0.325 e. The third-order valence-corrected chi connectivity index (χ3v) is 4.08. The van der Waals surface area contributed by atoms with E-state index in [0.29, 0.717) is 4.99 Å². The third kappa shape index (κ3) is 4.89. The number of esters is 1. The number of hydrogen-bond acceptors (Lipinski definition) is 5. The zero-order valence-corrected chi connectivity index (χ0v) is 14.4. The monoisotopic (exact) mass is 326 g/mol. The molecular formula is C15H22N2O2S2. The summed E-state index contributed by atoms with van der Waals surface area (Å²) in [5.41, 5.74) is 7.66. The van der Waals surface area contributed by atoms with Crippen LogP contribution in [0.2, 0.25) is 0 Å². The summed E-state index contributed by atoms with van der Waals surface area (Å²) < 4.78 is 4.78. The van der Waals surface area contributed by atoms with E-state index in [1.54, 1.807) is 11.8 Å². The van der Waals surface area contributed by atoms with Crippen molar-refractivity contribution < 1.29 is 9.53 Å². The van der Waals surface area contributed by atoms with Crippen LogP contribution in [0.1, 0.15) is 25.8 Å². The number of hydrogen-bond donors (Lipinski definition) is 1. The van der Waals surface area contributed by atoms with Crippen LogP contribution in [0.15, 0.2) is 23.1 Å². The molecule has 0 fully saturated rings. The van der Waals surface area contributed by atoms with Crippen molar-refractivity contribution in [1.29, 1.82) is 0 Å². The Kier molecular flexibility index (Phi) is 7.53. The third-order valence-electron chi connectivity index (χ3n) is 2.93. The fourth-order valence-corrected chi connectivity index (χ4v) is 3.21. The fourth-order valence-electron chi connectivity index (χ4n) is 2.08. The van der Waals surface area contributed by atoms with E-state index < -0.39 is 0 Å². The van der Waals surface area contributed by atoms with Crippen LogP contribution in [0, 0.1) is 0 Å². The number of methoxy groups -OCH3 is 1. The minimum atomic E-state index is -0.272. The van der Waals surface area contributed by atoms with Gasteiger partial charge in [-0.3, -0.25) is 4.79 Å². The summed E-state index contributed by atoms with van der Waals surface area (Å²) >= 11 is 6.91. The number of nitrogens with zero attached hydrogens (tertiary/aromatic N) is 1. The van der Waals surface area contributed by atoms with Gasteiger partial charge in [0.25, 0.3) is 0 Å². The number of nitrogens with two attached hydrogens (primary N) is 1. The SMILES string of the molecule is CCCN(CC(=O)OC)c1cccc(SCC)c1C(N)=S. The van der Waals surface area contributed by atoms with Crippen LogP contribution >= 0.6 is 24.0 Å². The Morgan fingerprint density at radius 2 is 2.14 bits per heavy atom. The zero-order chi connectivity index (χ0) is 15.8. The van der Waals surface area contributed by atoms with Crippen molar-refractivity contribution in [3.8, 4) is 0 Å². The van der Waals surface area contributed by atoms with Gasteiger partial charge >= 0.3 is 5.97 Å². The van der Waals surface area contributed by atoms with E-state index in [-0.39, 0.29) is 12.5 Å². The van der Waals surface area contributed by atoms with Crippen molar-refractivity contribution in [3.63, 3.8) is 0 Å². The number of carbonyl (C=O) groups excluding carboxylic acids is 1. The van der Waals surface area contributed by atoms with E-state index in [4.69, 9.17) is 22.7 Å². The maximum Gasteiger partial charge on any atom is 0.325 e. The highest BCUT2D eigenvalue weighted by Crippen LogP contribution is 2.31. The van der Waals surface area contributed by atoms with Crippen molar-refractivity contribution in [1.82, 2.24) is 0 Å². The number of thioether (sulfide) groups is 1. The summed E-state index contributed by atoms with van der Waals surface area (Å²) in [4.78, 5) is 15.0. The van der Waals surface area contributed by atoms with E-state index in [9.17, 15) is 4.79 Å². The predicted molar refractivity (Wildman–Crippen MR) is 93.2 cm³/mol. The van der Waals surface area contributed by atoms with E-state index in [2.05, 4.69) is 13.8 Å². The molecule has 1 rings (SSSR count). The summed E-state index contributed by atoms with van der Waals surface area (Å²) in [6, 6.07) is 5.93. The maximum absolute atomic E-state index is 11.6. The minimum Gasteiger partial charge on any atom is -0.468 e. The van der Waals surface area contributed by atoms with Crippen molar-refractivity contribution >= 4 is 40.6 Å². The van der Waals surface area contributed by atoms with Gasteiger partial charge in [-0.05, 0) is 24.3 Å². The van der Waals surface area contributed by atoms with Crippen LogP contribution in [0.25, 0.3) is 0 Å². The molecule has 0 aliphatic carbocycles. The lowest BCUT2D eigenvalue weighted by Crippen LogP contribution is -2.33. The first-order valence-corrected chi connectivity index (χ1v) is 8.31. The van der Waals surface area contributed by atoms with Crippen molar-refractivity contribution in [3.05, 3.63) is 23.8 Å². The molecule has 0 saturated carbocycles. The summed E-state index contributed by atoms with van der Waals surface area (Å²) in [7, 11) is 1.39. The second-order valence-corrected chi connectivity index (χ2v) is 6.19. The van der Waals surface area contributed by atoms with Crippen LogP contribution in [0.5, 0.6) is 0 Å². The average molecular weight is 326 g/mol. The van der Waals surface area contributed by atoms with Crippen LogP contribution in [0.3, 0.4) is 0 Å². The molecule has 0 radical (unpaired) electrons. The lowest BCUT2D eigenvalue weighted by atomic mass is 10.1. The van der Waals surface area contributed by atoms with Gasteiger partial charge in [0.15, 0.2) is 0 Å². The van der Waals surface area contributed by atoms with Gasteiger partial charge in [0.05, 0.1) is 7.11 Å². The topological polar surface area (TPSA) is 55.6 Å². The summed E-state index contributed by atoms with van der Waals surface area (Å²) in [5, 5.41) is 0. The molecular weight excluding hydrogens is 304 g/mol. The lowest BCUT2D eigenvalue weighted by molar-refractivity contribution is -0.138. The Bertz CT molecular complexity index is 506. The second kappa shape index (κ2) is 8.89. The van der Waals surface area contributed by atoms with Crippen LogP contribution in [-0.4, -0.2) is 36.9 Å². The Labute approximate surface area is 136 Å². The maximum atomic E-state index is 11.6. The first-order valence-electron chi connectivity index (χ1n) is 6.92. The van der Waals surface area contributed by atoms with E-state index >= 15 is 0 Å². The molecule has 6 heteroatoms. The number of ether oxygens (including phenoxy) is 1. The van der Waals surface area contributed by atoms with Crippen molar-refractivity contribution in [2.24, 2.45) is 5.73 Å². The number of rotatable bonds is 8. The number of anilines is 1. The highest BCUT2D eigenvalue weighted by atomic mass is 32.2. The first-order chi connectivity index (χ1) is 10.0. The van der Waals surface area contributed by atoms with Gasteiger partial charge in [-0.1, -0.05) is 32.1 Å². The quantitative estimate of drug-likeness (QED) is 0.450. The normalized spacial score (nSPS) is 10.2. The highest BCUT2D eigenvalue weighted by molar-refractivity contribution is 7.99. The standard InChI is InChI=1S/C15H22N2O2S2/c1-4-9-17(10-13(18)19-3)11-7-6-8-12(21-5-2)14(11)15(16)20/h6-8H,4-5,9-10H2,1-3H3,(H2,16,20). The molecule has 0 aromatic heterocycles. The second-order valence-electron chi connectivity index (χ2n) is 4.45. The molecule has 4 nitrogen and oxygen atoms in total. The summed E-state index contributed by atoms with van der Waals surface area (Å²) in [6.45, 7) is 5.08. The summed E-state index contributed by atoms with van der Waals surface area (Å²) in [6.07, 6.45) is 0.916. The van der Waals surface area contributed by atoms with Gasteiger partial charge in [0.1, 0.15) is 11.5 Å². The number of thiocarbonyl (C=S) groups is 1.